The van der Waals surface area contributed by atoms with Crippen LogP contribution >= 0.6 is 0 Å². The Hall–Kier alpha value is -1.72. The second-order valence-corrected chi connectivity index (χ2v) is 5.93. The molecule has 0 amide bonds. The zero-order valence-corrected chi connectivity index (χ0v) is 13.0. The molecule has 0 aliphatic carbocycles. The molecule has 2 heterocycles. The molecule has 2 aromatic carbocycles. The first-order valence-electron chi connectivity index (χ1n) is 7.99. The summed E-state index contributed by atoms with van der Waals surface area (Å²) in [6, 6.07) is 19.9. The smallest absolute Gasteiger partial charge is 0.184 e. The molecular formula is C19H20O4. The number of ether oxygens (including phenoxy) is 4. The molecule has 0 bridgehead atoms. The van der Waals surface area contributed by atoms with Crippen LogP contribution in [0.25, 0.3) is 0 Å². The fourth-order valence-corrected chi connectivity index (χ4v) is 3.09. The predicted octanol–water partition coefficient (Wildman–Crippen LogP) is 3.60. The highest BCUT2D eigenvalue weighted by atomic mass is 16.8. The molecule has 4 rings (SSSR count). The van der Waals surface area contributed by atoms with E-state index in [9.17, 15) is 0 Å². The molecule has 0 saturated carbocycles. The van der Waals surface area contributed by atoms with Gasteiger partial charge in [-0.3, -0.25) is 0 Å². The lowest BCUT2D eigenvalue weighted by Crippen LogP contribution is -2.53. The van der Waals surface area contributed by atoms with E-state index in [0.717, 1.165) is 11.1 Å². The third-order valence-corrected chi connectivity index (χ3v) is 4.30. The van der Waals surface area contributed by atoms with Crippen LogP contribution in [0.5, 0.6) is 0 Å². The van der Waals surface area contributed by atoms with Crippen LogP contribution in [0.1, 0.15) is 30.6 Å². The molecule has 2 saturated heterocycles. The predicted molar refractivity (Wildman–Crippen MR) is 84.6 cm³/mol. The molecule has 5 atom stereocenters. The van der Waals surface area contributed by atoms with Crippen LogP contribution in [0.15, 0.2) is 60.7 Å². The van der Waals surface area contributed by atoms with Gasteiger partial charge in [0.1, 0.15) is 12.2 Å². The van der Waals surface area contributed by atoms with Crippen molar-refractivity contribution in [3.63, 3.8) is 0 Å². The molecule has 0 radical (unpaired) electrons. The number of rotatable bonds is 2. The van der Waals surface area contributed by atoms with E-state index >= 15 is 0 Å². The molecule has 2 aliphatic heterocycles. The van der Waals surface area contributed by atoms with Crippen molar-refractivity contribution in [2.45, 2.75) is 37.8 Å². The fourth-order valence-electron chi connectivity index (χ4n) is 3.09. The maximum Gasteiger partial charge on any atom is 0.184 e. The van der Waals surface area contributed by atoms with Gasteiger partial charge in [-0.15, -0.1) is 0 Å². The summed E-state index contributed by atoms with van der Waals surface area (Å²) in [4.78, 5) is 0. The fraction of sp³-hybridized carbons (Fsp3) is 0.368. The van der Waals surface area contributed by atoms with Gasteiger partial charge in [-0.1, -0.05) is 60.7 Å². The van der Waals surface area contributed by atoms with Gasteiger partial charge in [0.2, 0.25) is 0 Å². The largest absolute Gasteiger partial charge is 0.346 e. The Labute approximate surface area is 135 Å². The first-order chi connectivity index (χ1) is 11.3. The summed E-state index contributed by atoms with van der Waals surface area (Å²) in [5.41, 5.74) is 2.03. The molecule has 23 heavy (non-hydrogen) atoms. The van der Waals surface area contributed by atoms with E-state index < -0.39 is 0 Å². The first-order valence-corrected chi connectivity index (χ1v) is 7.99. The van der Waals surface area contributed by atoms with Gasteiger partial charge in [0.25, 0.3) is 0 Å². The monoisotopic (exact) mass is 312 g/mol. The highest BCUT2D eigenvalue weighted by molar-refractivity contribution is 5.18. The second-order valence-electron chi connectivity index (χ2n) is 5.93. The van der Waals surface area contributed by atoms with Crippen molar-refractivity contribution >= 4 is 0 Å². The van der Waals surface area contributed by atoms with E-state index in [2.05, 4.69) is 0 Å². The molecule has 0 aromatic heterocycles. The van der Waals surface area contributed by atoms with E-state index in [1.54, 1.807) is 0 Å². The lowest BCUT2D eigenvalue weighted by Gasteiger charge is -2.45. The van der Waals surface area contributed by atoms with Crippen LogP contribution in [0, 0.1) is 0 Å². The summed E-state index contributed by atoms with van der Waals surface area (Å²) < 4.78 is 24.0. The van der Waals surface area contributed by atoms with Gasteiger partial charge in [0.05, 0.1) is 12.7 Å². The van der Waals surface area contributed by atoms with Crippen LogP contribution < -0.4 is 0 Å². The summed E-state index contributed by atoms with van der Waals surface area (Å²) in [6.07, 6.45) is -1.04. The minimum atomic E-state index is -0.368. The Bertz CT molecular complexity index is 630. The number of hydrogen-bond acceptors (Lipinski definition) is 4. The van der Waals surface area contributed by atoms with Crippen LogP contribution in [0.3, 0.4) is 0 Å². The van der Waals surface area contributed by atoms with Crippen LogP contribution in [-0.2, 0) is 18.9 Å². The van der Waals surface area contributed by atoms with Gasteiger partial charge in [-0.2, -0.15) is 0 Å². The lowest BCUT2D eigenvalue weighted by atomic mass is 10.0. The molecule has 2 aliphatic rings. The van der Waals surface area contributed by atoms with E-state index in [1.165, 1.54) is 0 Å². The minimum absolute atomic E-state index is 0.0610. The molecular weight excluding hydrogens is 292 g/mol. The molecule has 2 fully saturated rings. The normalized spacial score (nSPS) is 33.9. The molecule has 0 N–H and O–H groups in total. The van der Waals surface area contributed by atoms with E-state index in [1.807, 2.05) is 67.6 Å². The maximum absolute atomic E-state index is 6.10. The zero-order valence-electron chi connectivity index (χ0n) is 13.0. The molecule has 120 valence electrons. The van der Waals surface area contributed by atoms with Crippen molar-refractivity contribution in [1.29, 1.82) is 0 Å². The van der Waals surface area contributed by atoms with E-state index in [-0.39, 0.29) is 30.9 Å². The molecule has 2 aromatic rings. The van der Waals surface area contributed by atoms with Crippen molar-refractivity contribution in [2.75, 3.05) is 6.61 Å². The summed E-state index contributed by atoms with van der Waals surface area (Å²) >= 11 is 0. The van der Waals surface area contributed by atoms with Gasteiger partial charge in [-0.25, -0.2) is 0 Å². The SMILES string of the molecule is C[C@@H]1O[C@@H](c2ccccc2)O[C@@H]2CO[C@H](c3ccccc3)O[C@H]12. The van der Waals surface area contributed by atoms with Crippen LogP contribution in [0.4, 0.5) is 0 Å². The highest BCUT2D eigenvalue weighted by Gasteiger charge is 2.43. The lowest BCUT2D eigenvalue weighted by molar-refractivity contribution is -0.360. The highest BCUT2D eigenvalue weighted by Crippen LogP contribution is 2.37. The molecule has 4 nitrogen and oxygen atoms in total. The van der Waals surface area contributed by atoms with Crippen LogP contribution in [0.2, 0.25) is 0 Å². The van der Waals surface area contributed by atoms with Crippen molar-refractivity contribution < 1.29 is 18.9 Å². The number of fused-ring (bicyclic) bond motifs is 1. The summed E-state index contributed by atoms with van der Waals surface area (Å²) in [5, 5.41) is 0. The minimum Gasteiger partial charge on any atom is -0.346 e. The topological polar surface area (TPSA) is 36.9 Å². The van der Waals surface area contributed by atoms with Gasteiger partial charge in [0.15, 0.2) is 12.6 Å². The molecule has 0 unspecified atom stereocenters. The van der Waals surface area contributed by atoms with Gasteiger partial charge >= 0.3 is 0 Å². The Balaban J connectivity index is 1.48. The molecule has 4 heteroatoms. The zero-order chi connectivity index (χ0) is 15.6. The van der Waals surface area contributed by atoms with Crippen LogP contribution in [-0.4, -0.2) is 24.9 Å². The first kappa shape index (κ1) is 14.8. The van der Waals surface area contributed by atoms with Crippen molar-refractivity contribution in [2.24, 2.45) is 0 Å². The Morgan fingerprint density at radius 3 is 2.00 bits per heavy atom. The van der Waals surface area contributed by atoms with Gasteiger partial charge in [-0.05, 0) is 6.92 Å². The standard InChI is InChI=1S/C19H20O4/c1-13-17-16(22-19(21-13)15-10-6-3-7-11-15)12-20-18(23-17)14-8-4-2-5-9-14/h2-11,13,16-19H,12H2,1H3/t13-,16+,17+,18-,19+/m0/s1. The summed E-state index contributed by atoms with van der Waals surface area (Å²) in [5.74, 6) is 0. The second kappa shape index (κ2) is 6.42. The Morgan fingerprint density at radius 2 is 1.35 bits per heavy atom. The molecule has 0 spiro atoms. The quantitative estimate of drug-likeness (QED) is 0.849. The van der Waals surface area contributed by atoms with Crippen molar-refractivity contribution in [1.82, 2.24) is 0 Å². The number of hydrogen-bond donors (Lipinski definition) is 0. The summed E-state index contributed by atoms with van der Waals surface area (Å²) in [7, 11) is 0. The Kier molecular flexibility index (Phi) is 4.14. The third-order valence-electron chi connectivity index (χ3n) is 4.30. The van der Waals surface area contributed by atoms with E-state index in [0.29, 0.717) is 6.61 Å². The summed E-state index contributed by atoms with van der Waals surface area (Å²) in [6.45, 7) is 2.53. The van der Waals surface area contributed by atoms with E-state index in [4.69, 9.17) is 18.9 Å². The third kappa shape index (κ3) is 3.03. The maximum atomic E-state index is 6.10. The van der Waals surface area contributed by atoms with Crippen molar-refractivity contribution in [3.05, 3.63) is 71.8 Å². The van der Waals surface area contributed by atoms with Gasteiger partial charge in [0, 0.05) is 11.1 Å². The van der Waals surface area contributed by atoms with Gasteiger partial charge < -0.3 is 18.9 Å². The number of benzene rings is 2. The average Bonchev–Trinajstić information content (AvgIpc) is 2.63. The Morgan fingerprint density at radius 1 is 0.739 bits per heavy atom. The van der Waals surface area contributed by atoms with Crippen molar-refractivity contribution in [3.8, 4) is 0 Å². The average molecular weight is 312 g/mol.